The lowest BCUT2D eigenvalue weighted by Gasteiger charge is -2.34. The van der Waals surface area contributed by atoms with E-state index in [0.717, 1.165) is 74.8 Å². The highest BCUT2D eigenvalue weighted by molar-refractivity contribution is 7.89. The maximum absolute atomic E-state index is 13.2. The number of unbranched alkanes of at least 4 members (excludes halogenated alkanes) is 2. The second-order valence-electron chi connectivity index (χ2n) is 10.5. The van der Waals surface area contributed by atoms with Crippen molar-refractivity contribution < 1.29 is 17.9 Å². The van der Waals surface area contributed by atoms with Crippen LogP contribution in [0.5, 0.6) is 5.75 Å². The number of aryl methyl sites for hydroxylation is 1. The maximum Gasteiger partial charge on any atom is 0.251 e. The third-order valence-corrected chi connectivity index (χ3v) is 10.7. The summed E-state index contributed by atoms with van der Waals surface area (Å²) in [5, 5.41) is 4.00. The Morgan fingerprint density at radius 3 is 2.26 bits per heavy atom. The molecule has 9 nitrogen and oxygen atoms in total. The Bertz CT molecular complexity index is 1400. The summed E-state index contributed by atoms with van der Waals surface area (Å²) in [6.45, 7) is 12.1. The lowest BCUT2D eigenvalue weighted by Crippen LogP contribution is -2.48. The number of rotatable bonds is 14. The summed E-state index contributed by atoms with van der Waals surface area (Å²) in [6, 6.07) is 10.4. The first-order valence-electron chi connectivity index (χ1n) is 14.6. The molecule has 1 N–H and O–H groups in total. The number of piperazine rings is 1. The molecule has 0 radical (unpaired) electrons. The van der Waals surface area contributed by atoms with Crippen molar-refractivity contribution in [3.8, 4) is 5.75 Å². The van der Waals surface area contributed by atoms with E-state index >= 15 is 0 Å². The van der Waals surface area contributed by atoms with Gasteiger partial charge in [0.15, 0.2) is 5.13 Å². The molecule has 0 saturated carbocycles. The van der Waals surface area contributed by atoms with Gasteiger partial charge < -0.3 is 15.0 Å². The average molecular weight is 638 g/mol. The Hall–Kier alpha value is -2.44. The number of anilines is 1. The topological polar surface area (TPSA) is 95.1 Å². The van der Waals surface area contributed by atoms with E-state index in [2.05, 4.69) is 42.0 Å². The van der Waals surface area contributed by atoms with E-state index in [9.17, 15) is 13.2 Å². The Morgan fingerprint density at radius 1 is 1.02 bits per heavy atom. The Kier molecular flexibility index (Phi) is 12.9. The van der Waals surface area contributed by atoms with Crippen LogP contribution in [0.25, 0.3) is 10.2 Å². The third-order valence-electron chi connectivity index (χ3n) is 7.54. The van der Waals surface area contributed by atoms with Gasteiger partial charge in [-0.1, -0.05) is 44.1 Å². The molecule has 3 aromatic rings. The van der Waals surface area contributed by atoms with Gasteiger partial charge in [-0.15, -0.1) is 12.4 Å². The molecule has 1 fully saturated rings. The number of nitrogens with zero attached hydrogens (tertiary/aromatic N) is 4. The van der Waals surface area contributed by atoms with E-state index in [1.165, 1.54) is 10.3 Å². The number of sulfonamides is 1. The number of carbonyl (C=O) groups excluding carboxylic acids is 1. The summed E-state index contributed by atoms with van der Waals surface area (Å²) in [5.74, 6) is 0.611. The molecule has 0 aliphatic carbocycles. The van der Waals surface area contributed by atoms with Crippen LogP contribution in [-0.2, 0) is 10.0 Å². The number of ether oxygens (including phenoxy) is 1. The molecule has 1 aromatic heterocycles. The van der Waals surface area contributed by atoms with Gasteiger partial charge in [0.25, 0.3) is 5.91 Å². The van der Waals surface area contributed by atoms with Crippen molar-refractivity contribution in [1.29, 1.82) is 0 Å². The van der Waals surface area contributed by atoms with Gasteiger partial charge in [0.05, 0.1) is 16.7 Å². The van der Waals surface area contributed by atoms with Gasteiger partial charge in [-0.05, 0) is 55.7 Å². The van der Waals surface area contributed by atoms with E-state index in [-0.39, 0.29) is 23.2 Å². The number of fused-ring (bicyclic) bond motifs is 1. The van der Waals surface area contributed by atoms with Crippen LogP contribution in [0.3, 0.4) is 0 Å². The highest BCUT2D eigenvalue weighted by Gasteiger charge is 2.24. The molecule has 1 aliphatic rings. The van der Waals surface area contributed by atoms with Crippen LogP contribution < -0.4 is 15.0 Å². The first kappa shape index (κ1) is 34.1. The number of thiazole rings is 1. The molecule has 0 unspecified atom stereocenters. The molecule has 0 atom stereocenters. The van der Waals surface area contributed by atoms with Crippen LogP contribution in [-0.4, -0.2) is 88.0 Å². The molecule has 2 heterocycles. The number of methoxy groups -OCH3 is 1. The van der Waals surface area contributed by atoms with Crippen LogP contribution in [0.1, 0.15) is 55.5 Å². The zero-order chi connectivity index (χ0) is 29.4. The summed E-state index contributed by atoms with van der Waals surface area (Å²) in [6.07, 6.45) is 3.53. The molecule has 0 spiro atoms. The highest BCUT2D eigenvalue weighted by Crippen LogP contribution is 2.36. The first-order valence-corrected chi connectivity index (χ1v) is 16.8. The van der Waals surface area contributed by atoms with Crippen LogP contribution in [0.15, 0.2) is 41.3 Å². The van der Waals surface area contributed by atoms with Crippen molar-refractivity contribution in [2.75, 3.05) is 64.4 Å². The van der Waals surface area contributed by atoms with Gasteiger partial charge in [0.2, 0.25) is 10.0 Å². The Morgan fingerprint density at radius 2 is 1.67 bits per heavy atom. The summed E-state index contributed by atoms with van der Waals surface area (Å²) < 4.78 is 34.6. The fraction of sp³-hybridized carbons (Fsp3) is 0.533. The number of aromatic nitrogens is 1. The summed E-state index contributed by atoms with van der Waals surface area (Å²) >= 11 is 1.71. The van der Waals surface area contributed by atoms with Crippen molar-refractivity contribution in [2.24, 2.45) is 0 Å². The number of hydrogen-bond acceptors (Lipinski definition) is 8. The molecule has 1 saturated heterocycles. The minimum Gasteiger partial charge on any atom is -0.494 e. The quantitative estimate of drug-likeness (QED) is 0.260. The average Bonchev–Trinajstić information content (AvgIpc) is 3.44. The summed E-state index contributed by atoms with van der Waals surface area (Å²) in [7, 11) is -1.90. The standard InChI is InChI=1S/C30H43N5O4S2.ClH/c1-5-7-16-35(17-8-6-2)41(37,38)25-12-10-24(11-13-25)29(36)31-15-18-33-19-21-34(22-20-33)30-32-27-26(39-4)14-9-23(3)28(27)40-30;/h9-14H,5-8,15-22H2,1-4H3,(H,31,36);1H. The van der Waals surface area contributed by atoms with Crippen molar-refractivity contribution in [1.82, 2.24) is 19.5 Å². The predicted molar refractivity (Wildman–Crippen MR) is 174 cm³/mol. The number of nitrogens with one attached hydrogen (secondary N) is 1. The van der Waals surface area contributed by atoms with Crippen molar-refractivity contribution in [3.05, 3.63) is 47.5 Å². The Labute approximate surface area is 260 Å². The minimum atomic E-state index is -3.58. The zero-order valence-corrected chi connectivity index (χ0v) is 27.5. The second kappa shape index (κ2) is 15.9. The summed E-state index contributed by atoms with van der Waals surface area (Å²) in [4.78, 5) is 22.5. The smallest absolute Gasteiger partial charge is 0.251 e. The van der Waals surface area contributed by atoms with Crippen LogP contribution >= 0.6 is 23.7 Å². The lowest BCUT2D eigenvalue weighted by atomic mass is 10.2. The molecule has 42 heavy (non-hydrogen) atoms. The van der Waals surface area contributed by atoms with Crippen LogP contribution in [0.2, 0.25) is 0 Å². The molecule has 2 aromatic carbocycles. The van der Waals surface area contributed by atoms with E-state index in [1.807, 2.05) is 6.07 Å². The number of carbonyl (C=O) groups is 1. The van der Waals surface area contributed by atoms with E-state index in [0.29, 0.717) is 25.2 Å². The number of hydrogen-bond donors (Lipinski definition) is 1. The predicted octanol–water partition coefficient (Wildman–Crippen LogP) is 5.18. The van der Waals surface area contributed by atoms with Crippen molar-refractivity contribution in [2.45, 2.75) is 51.3 Å². The molecular weight excluding hydrogens is 594 g/mol. The third kappa shape index (κ3) is 8.13. The molecule has 4 rings (SSSR count). The van der Waals surface area contributed by atoms with Gasteiger partial charge in [0.1, 0.15) is 11.3 Å². The Balaban J connectivity index is 0.00000484. The molecule has 1 aliphatic heterocycles. The van der Waals surface area contributed by atoms with E-state index in [4.69, 9.17) is 9.72 Å². The first-order chi connectivity index (χ1) is 19.8. The molecular formula is C30H44ClN5O4S2. The van der Waals surface area contributed by atoms with Gasteiger partial charge in [-0.2, -0.15) is 4.31 Å². The molecule has 0 bridgehead atoms. The zero-order valence-electron chi connectivity index (χ0n) is 25.1. The van der Waals surface area contributed by atoms with Gasteiger partial charge in [0, 0.05) is 57.9 Å². The van der Waals surface area contributed by atoms with Crippen molar-refractivity contribution >= 4 is 55.0 Å². The number of amides is 1. The van der Waals surface area contributed by atoms with Crippen LogP contribution in [0.4, 0.5) is 5.13 Å². The minimum absolute atomic E-state index is 0. The van der Waals surface area contributed by atoms with Gasteiger partial charge in [-0.3, -0.25) is 9.69 Å². The monoisotopic (exact) mass is 637 g/mol. The normalized spacial score (nSPS) is 14.3. The molecule has 1 amide bonds. The highest BCUT2D eigenvalue weighted by atomic mass is 35.5. The molecule has 232 valence electrons. The fourth-order valence-corrected chi connectivity index (χ4v) is 7.56. The number of halogens is 1. The molecule has 12 heteroatoms. The maximum atomic E-state index is 13.2. The lowest BCUT2D eigenvalue weighted by molar-refractivity contribution is 0.0947. The second-order valence-corrected chi connectivity index (χ2v) is 13.4. The largest absolute Gasteiger partial charge is 0.494 e. The SMILES string of the molecule is CCCCN(CCCC)S(=O)(=O)c1ccc(C(=O)NCCN2CCN(c3nc4c(OC)ccc(C)c4s3)CC2)cc1.Cl. The van der Waals surface area contributed by atoms with E-state index in [1.54, 1.807) is 47.0 Å². The van der Waals surface area contributed by atoms with Gasteiger partial charge in [-0.25, -0.2) is 13.4 Å². The van der Waals surface area contributed by atoms with E-state index < -0.39 is 10.0 Å². The van der Waals surface area contributed by atoms with Crippen LogP contribution in [0, 0.1) is 6.92 Å². The fourth-order valence-electron chi connectivity index (χ4n) is 4.94. The van der Waals surface area contributed by atoms with Gasteiger partial charge >= 0.3 is 0 Å². The summed E-state index contributed by atoms with van der Waals surface area (Å²) in [5.41, 5.74) is 2.59. The van der Waals surface area contributed by atoms with Crippen molar-refractivity contribution in [3.63, 3.8) is 0 Å². The number of benzene rings is 2.